The molecule has 0 N–H and O–H groups in total. The van der Waals surface area contributed by atoms with E-state index in [0.717, 1.165) is 58.0 Å². The van der Waals surface area contributed by atoms with Crippen molar-refractivity contribution in [1.29, 1.82) is 0 Å². The Labute approximate surface area is 191 Å². The molecule has 0 saturated heterocycles. The molecule has 2 aromatic carbocycles. The second kappa shape index (κ2) is 8.54. The summed E-state index contributed by atoms with van der Waals surface area (Å²) in [7, 11) is 6.46. The number of benzene rings is 2. The van der Waals surface area contributed by atoms with Crippen molar-refractivity contribution in [2.75, 3.05) is 28.4 Å². The van der Waals surface area contributed by atoms with Crippen LogP contribution in [0.25, 0.3) is 22.6 Å². The van der Waals surface area contributed by atoms with Gasteiger partial charge in [-0.05, 0) is 42.7 Å². The third kappa shape index (κ3) is 3.57. The normalized spacial score (nSPS) is 12.1. The van der Waals surface area contributed by atoms with Crippen LogP contribution < -0.4 is 18.9 Å². The van der Waals surface area contributed by atoms with Crippen LogP contribution >= 0.6 is 0 Å². The topological polar surface area (TPSA) is 80.8 Å². The van der Waals surface area contributed by atoms with Gasteiger partial charge in [0.2, 0.25) is 5.75 Å². The Bertz CT molecular complexity index is 1270. The molecule has 0 amide bonds. The molecule has 2 heterocycles. The molecule has 8 nitrogen and oxygen atoms in total. The molecule has 0 bridgehead atoms. The molecule has 0 atom stereocenters. The summed E-state index contributed by atoms with van der Waals surface area (Å²) in [5, 5.41) is 9.08. The number of aromatic nitrogens is 3. The zero-order valence-corrected chi connectivity index (χ0v) is 19.0. The first kappa shape index (κ1) is 20.9. The molecule has 1 aliphatic carbocycles. The van der Waals surface area contributed by atoms with E-state index >= 15 is 0 Å². The van der Waals surface area contributed by atoms with Gasteiger partial charge in [0.15, 0.2) is 17.3 Å². The second-order valence-corrected chi connectivity index (χ2v) is 7.77. The molecule has 33 heavy (non-hydrogen) atoms. The summed E-state index contributed by atoms with van der Waals surface area (Å²) in [6.07, 6.45) is 3.49. The maximum atomic E-state index is 5.69. The molecular formula is C25H25N3O5. The molecule has 0 radical (unpaired) electrons. The molecule has 4 aromatic rings. The first-order chi connectivity index (χ1) is 16.2. The van der Waals surface area contributed by atoms with Gasteiger partial charge in [0.1, 0.15) is 11.4 Å². The third-order valence-corrected chi connectivity index (χ3v) is 5.99. The first-order valence-electron chi connectivity index (χ1n) is 10.6. The maximum absolute atomic E-state index is 5.69. The minimum absolute atomic E-state index is 0.538. The number of nitrogens with zero attached hydrogens (tertiary/aromatic N) is 3. The Morgan fingerprint density at radius 1 is 0.909 bits per heavy atom. The van der Waals surface area contributed by atoms with Crippen molar-refractivity contribution in [1.82, 2.24) is 14.9 Å². The van der Waals surface area contributed by atoms with E-state index in [9.17, 15) is 0 Å². The molecule has 0 saturated carbocycles. The van der Waals surface area contributed by atoms with E-state index in [1.807, 2.05) is 28.9 Å². The largest absolute Gasteiger partial charge is 0.497 e. The van der Waals surface area contributed by atoms with Gasteiger partial charge in [-0.3, -0.25) is 4.68 Å². The summed E-state index contributed by atoms with van der Waals surface area (Å²) in [5.41, 5.74) is 5.91. The van der Waals surface area contributed by atoms with Gasteiger partial charge in [0.25, 0.3) is 0 Å². The molecular weight excluding hydrogens is 422 g/mol. The van der Waals surface area contributed by atoms with Crippen molar-refractivity contribution >= 4 is 0 Å². The van der Waals surface area contributed by atoms with Gasteiger partial charge in [0, 0.05) is 11.1 Å². The van der Waals surface area contributed by atoms with Crippen molar-refractivity contribution in [3.63, 3.8) is 0 Å². The lowest BCUT2D eigenvalue weighted by Gasteiger charge is -2.15. The number of ether oxygens (including phenoxy) is 4. The van der Waals surface area contributed by atoms with Crippen LogP contribution in [0.3, 0.4) is 0 Å². The van der Waals surface area contributed by atoms with Crippen LogP contribution in [0.2, 0.25) is 0 Å². The lowest BCUT2D eigenvalue weighted by molar-refractivity contribution is 0.324. The van der Waals surface area contributed by atoms with E-state index in [0.29, 0.717) is 23.8 Å². The molecule has 0 fully saturated rings. The highest BCUT2D eigenvalue weighted by Gasteiger charge is 2.30. The Kier molecular flexibility index (Phi) is 5.42. The summed E-state index contributed by atoms with van der Waals surface area (Å²) in [5.74, 6) is 3.26. The Morgan fingerprint density at radius 2 is 1.64 bits per heavy atom. The van der Waals surface area contributed by atoms with Crippen molar-refractivity contribution in [2.45, 2.75) is 19.4 Å². The smallest absolute Gasteiger partial charge is 0.203 e. The molecule has 0 aliphatic heterocycles. The average molecular weight is 447 g/mol. The molecule has 1 aliphatic rings. The highest BCUT2D eigenvalue weighted by Crippen LogP contribution is 2.45. The Balaban J connectivity index is 1.67. The van der Waals surface area contributed by atoms with Crippen LogP contribution in [0.4, 0.5) is 0 Å². The van der Waals surface area contributed by atoms with Crippen LogP contribution in [0.5, 0.6) is 23.0 Å². The minimum atomic E-state index is 0.538. The molecule has 170 valence electrons. The van der Waals surface area contributed by atoms with Gasteiger partial charge in [-0.25, -0.2) is 0 Å². The zero-order valence-electron chi connectivity index (χ0n) is 19.0. The van der Waals surface area contributed by atoms with Gasteiger partial charge >= 0.3 is 0 Å². The fourth-order valence-electron chi connectivity index (χ4n) is 4.34. The SMILES string of the molecule is COc1ccc(Cn2nc(-c3cc(OC)c(OC)c(OC)c3)c3c2CCc2cnoc2-3)cc1. The van der Waals surface area contributed by atoms with E-state index in [2.05, 4.69) is 17.3 Å². The van der Waals surface area contributed by atoms with Crippen LogP contribution in [0, 0.1) is 0 Å². The predicted octanol–water partition coefficient (Wildman–Crippen LogP) is 4.39. The van der Waals surface area contributed by atoms with Gasteiger partial charge in [-0.15, -0.1) is 0 Å². The highest BCUT2D eigenvalue weighted by atomic mass is 16.5. The van der Waals surface area contributed by atoms with Crippen molar-refractivity contribution in [2.24, 2.45) is 0 Å². The van der Waals surface area contributed by atoms with Crippen LogP contribution in [0.15, 0.2) is 47.1 Å². The highest BCUT2D eigenvalue weighted by molar-refractivity contribution is 5.84. The number of fused-ring (bicyclic) bond motifs is 3. The second-order valence-electron chi connectivity index (χ2n) is 7.77. The van der Waals surface area contributed by atoms with Crippen LogP contribution in [-0.4, -0.2) is 43.4 Å². The van der Waals surface area contributed by atoms with Crippen LogP contribution in [-0.2, 0) is 19.4 Å². The quantitative estimate of drug-likeness (QED) is 0.416. The zero-order chi connectivity index (χ0) is 22.9. The first-order valence-corrected chi connectivity index (χ1v) is 10.6. The van der Waals surface area contributed by atoms with Gasteiger partial charge in [-0.1, -0.05) is 17.3 Å². The Morgan fingerprint density at radius 3 is 2.27 bits per heavy atom. The molecule has 8 heteroatoms. The summed E-state index contributed by atoms with van der Waals surface area (Å²) in [6.45, 7) is 0.625. The van der Waals surface area contributed by atoms with E-state index in [1.54, 1.807) is 34.6 Å². The molecule has 2 aromatic heterocycles. The van der Waals surface area contributed by atoms with Crippen molar-refractivity contribution in [3.05, 3.63) is 59.4 Å². The summed E-state index contributed by atoms with van der Waals surface area (Å²) >= 11 is 0. The standard InChI is InChI=1S/C25H25N3O5/c1-29-18-8-5-15(6-9-18)14-28-19-10-7-16-13-26-33-24(16)22(19)23(27-28)17-11-20(30-2)25(32-4)21(12-17)31-3/h5-6,8-9,11-13H,7,10,14H2,1-4H3. The predicted molar refractivity (Wildman–Crippen MR) is 122 cm³/mol. The number of rotatable bonds is 7. The van der Waals surface area contributed by atoms with E-state index in [4.69, 9.17) is 28.6 Å². The fourth-order valence-corrected chi connectivity index (χ4v) is 4.34. The number of aryl methyl sites for hydroxylation is 1. The maximum Gasteiger partial charge on any atom is 0.203 e. The molecule has 5 rings (SSSR count). The van der Waals surface area contributed by atoms with Crippen LogP contribution in [0.1, 0.15) is 16.8 Å². The van der Waals surface area contributed by atoms with Gasteiger partial charge in [-0.2, -0.15) is 5.10 Å². The number of hydrogen-bond donors (Lipinski definition) is 0. The monoisotopic (exact) mass is 447 g/mol. The molecule has 0 spiro atoms. The van der Waals surface area contributed by atoms with E-state index in [1.165, 1.54) is 0 Å². The van der Waals surface area contributed by atoms with Gasteiger partial charge in [0.05, 0.1) is 52.4 Å². The average Bonchev–Trinajstić information content (AvgIpc) is 3.48. The lowest BCUT2D eigenvalue weighted by Crippen LogP contribution is -2.10. The Hall–Kier alpha value is -3.94. The number of hydrogen-bond acceptors (Lipinski definition) is 7. The van der Waals surface area contributed by atoms with Crippen molar-refractivity contribution < 1.29 is 23.5 Å². The summed E-state index contributed by atoms with van der Waals surface area (Å²) < 4.78 is 29.7. The lowest BCUT2D eigenvalue weighted by atomic mass is 9.92. The summed E-state index contributed by atoms with van der Waals surface area (Å²) in [6, 6.07) is 11.8. The minimum Gasteiger partial charge on any atom is -0.497 e. The van der Waals surface area contributed by atoms with Gasteiger partial charge < -0.3 is 23.5 Å². The number of methoxy groups -OCH3 is 4. The van der Waals surface area contributed by atoms with E-state index in [-0.39, 0.29) is 0 Å². The molecule has 0 unspecified atom stereocenters. The summed E-state index contributed by atoms with van der Waals surface area (Å²) in [4.78, 5) is 0. The van der Waals surface area contributed by atoms with Crippen molar-refractivity contribution in [3.8, 4) is 45.6 Å². The third-order valence-electron chi connectivity index (χ3n) is 5.99. The van der Waals surface area contributed by atoms with E-state index < -0.39 is 0 Å². The fraction of sp³-hybridized carbons (Fsp3) is 0.280.